The molecule has 0 saturated carbocycles. The van der Waals surface area contributed by atoms with Crippen molar-refractivity contribution in [2.75, 3.05) is 5.75 Å². The van der Waals surface area contributed by atoms with Crippen LogP contribution in [-0.4, -0.2) is 67.5 Å². The Morgan fingerprint density at radius 2 is 0.578 bits per heavy atom. The van der Waals surface area contributed by atoms with E-state index in [1.54, 1.807) is 0 Å². The second kappa shape index (κ2) is 42.6. The summed E-state index contributed by atoms with van der Waals surface area (Å²) in [5, 5.41) is 36.5. The highest BCUT2D eigenvalue weighted by molar-refractivity contribution is 7.80. The number of aliphatic hydroxyl groups is 2. The Morgan fingerprint density at radius 3 is 0.781 bits per heavy atom. The summed E-state index contributed by atoms with van der Waals surface area (Å²) in [5.74, 6) is -6.66. The Bertz CT molecular complexity index is 1140. The molecule has 0 spiro atoms. The predicted molar refractivity (Wildman–Crippen MR) is 269 cm³/mol. The first-order valence-electron chi connectivity index (χ1n) is 27.2. The fourth-order valence-corrected chi connectivity index (χ4v) is 9.20. The number of nitrogens with one attached hydrogen (secondary N) is 1. The Morgan fingerprint density at radius 1 is 0.375 bits per heavy atom. The molecule has 4 N–H and O–H groups in total. The Balaban J connectivity index is 5.70. The molecule has 1 amide bonds. The van der Waals surface area contributed by atoms with Gasteiger partial charge in [-0.2, -0.15) is 12.6 Å². The van der Waals surface area contributed by atoms with Crippen LogP contribution in [0.2, 0.25) is 0 Å². The van der Waals surface area contributed by atoms with Crippen molar-refractivity contribution in [1.29, 1.82) is 0 Å². The van der Waals surface area contributed by atoms with Crippen molar-refractivity contribution < 1.29 is 39.3 Å². The van der Waals surface area contributed by atoms with E-state index in [9.17, 15) is 39.3 Å². The highest BCUT2D eigenvalue weighted by Gasteiger charge is 2.67. The van der Waals surface area contributed by atoms with Gasteiger partial charge in [0.1, 0.15) is 6.04 Å². The third kappa shape index (κ3) is 28.4. The minimum Gasteiger partial charge on any atom is -0.480 e. The van der Waals surface area contributed by atoms with E-state index in [0.29, 0.717) is 32.1 Å². The van der Waals surface area contributed by atoms with Crippen LogP contribution in [0.4, 0.5) is 0 Å². The molecule has 0 rings (SSSR count). The number of carbonyl (C=O) groups is 5. The number of hydrogen-bond donors (Lipinski definition) is 5. The normalized spacial score (nSPS) is 13.2. The van der Waals surface area contributed by atoms with Gasteiger partial charge in [-0.25, -0.2) is 4.79 Å². The van der Waals surface area contributed by atoms with Gasteiger partial charge in [0, 0.05) is 25.0 Å². The van der Waals surface area contributed by atoms with E-state index in [1.165, 1.54) is 135 Å². The topological polar surface area (TPSA) is 158 Å². The quantitative estimate of drug-likeness (QED) is 0.0229. The van der Waals surface area contributed by atoms with Crippen LogP contribution >= 0.6 is 12.6 Å². The van der Waals surface area contributed by atoms with Crippen LogP contribution < -0.4 is 5.32 Å². The van der Waals surface area contributed by atoms with Gasteiger partial charge in [0.2, 0.25) is 11.2 Å². The molecule has 9 nitrogen and oxygen atoms in total. The highest BCUT2D eigenvalue weighted by Crippen LogP contribution is 2.33. The van der Waals surface area contributed by atoms with Gasteiger partial charge in [0.05, 0.1) is 0 Å². The molecule has 1 unspecified atom stereocenters. The molecule has 2 atom stereocenters. The van der Waals surface area contributed by atoms with E-state index in [-0.39, 0.29) is 31.4 Å². The van der Waals surface area contributed by atoms with Crippen LogP contribution in [0, 0.1) is 0 Å². The Hall–Kier alpha value is -1.78. The number of ketones is 3. The number of carboxylic acids is 1. The van der Waals surface area contributed by atoms with Crippen molar-refractivity contribution in [1.82, 2.24) is 5.32 Å². The monoisotopic (exact) mass is 924 g/mol. The van der Waals surface area contributed by atoms with E-state index in [2.05, 4.69) is 38.7 Å². The van der Waals surface area contributed by atoms with E-state index in [0.717, 1.165) is 77.0 Å². The van der Waals surface area contributed by atoms with Crippen LogP contribution in [0.1, 0.15) is 290 Å². The molecule has 0 radical (unpaired) electrons. The molecule has 0 saturated heterocycles. The predicted octanol–water partition coefficient (Wildman–Crippen LogP) is 14.1. The van der Waals surface area contributed by atoms with Crippen LogP contribution in [0.25, 0.3) is 0 Å². The number of rotatable bonds is 50. The summed E-state index contributed by atoms with van der Waals surface area (Å²) in [6.45, 7) is 6.67. The number of unbranched alkanes of at least 4 members (excludes halogenated alkanes) is 36. The summed E-state index contributed by atoms with van der Waals surface area (Å²) in [6, 6.07) is -1.62. The van der Waals surface area contributed by atoms with Gasteiger partial charge >= 0.3 is 5.97 Å². The Kier molecular flexibility index (Phi) is 41.4. The maximum Gasteiger partial charge on any atom is 0.327 e. The van der Waals surface area contributed by atoms with E-state index in [1.807, 2.05) is 0 Å². The van der Waals surface area contributed by atoms with Crippen molar-refractivity contribution in [2.24, 2.45) is 0 Å². The van der Waals surface area contributed by atoms with Crippen LogP contribution in [0.15, 0.2) is 0 Å². The van der Waals surface area contributed by atoms with Gasteiger partial charge in [-0.1, -0.05) is 252 Å². The van der Waals surface area contributed by atoms with Crippen molar-refractivity contribution in [3.63, 3.8) is 0 Å². The molecule has 0 fully saturated rings. The lowest BCUT2D eigenvalue weighted by molar-refractivity contribution is -0.192. The van der Waals surface area contributed by atoms with Gasteiger partial charge in [-0.15, -0.1) is 0 Å². The lowest BCUT2D eigenvalue weighted by Gasteiger charge is -2.39. The van der Waals surface area contributed by atoms with Crippen LogP contribution in [0.3, 0.4) is 0 Å². The average molecular weight is 924 g/mol. The first-order chi connectivity index (χ1) is 31.0. The number of aliphatic carboxylic acids is 1. The van der Waals surface area contributed by atoms with Crippen molar-refractivity contribution in [2.45, 2.75) is 308 Å². The molecule has 0 aliphatic rings. The molecule has 376 valence electrons. The van der Waals surface area contributed by atoms with Gasteiger partial charge in [-0.05, 0) is 19.3 Å². The second-order valence-corrected chi connectivity index (χ2v) is 19.6. The molecule has 0 aliphatic carbocycles. The number of Topliss-reactive ketones (excluding diaryl/α,β-unsaturated/α-hetero) is 3. The summed E-state index contributed by atoms with van der Waals surface area (Å²) in [7, 11) is 0. The lowest BCUT2D eigenvalue weighted by atomic mass is 9.70. The molecule has 0 aliphatic heterocycles. The van der Waals surface area contributed by atoms with Gasteiger partial charge in [0.25, 0.3) is 5.91 Å². The first kappa shape index (κ1) is 62.2. The summed E-state index contributed by atoms with van der Waals surface area (Å²) in [5.41, 5.74) is -6.83. The summed E-state index contributed by atoms with van der Waals surface area (Å²) < 4.78 is 0. The fraction of sp³-hybridized carbons (Fsp3) is 0.907. The summed E-state index contributed by atoms with van der Waals surface area (Å²) in [4.78, 5) is 68.5. The van der Waals surface area contributed by atoms with Crippen molar-refractivity contribution >= 4 is 41.9 Å². The zero-order chi connectivity index (χ0) is 47.6. The standard InChI is InChI=1S/C54H101NO8S/c1-4-7-10-13-16-19-22-25-28-31-34-37-40-43-48(56)53(62,49(57)44-41-38-35-32-29-26-23-20-17-14-11-8-5-2)54(63,52(61)55-47(46-64)51(59)60)50(58)45-42-39-36-33-30-27-24-21-18-15-12-9-6-3/h47,62-64H,4-46H2,1-3H3,(H,55,61)(H,59,60)/t47?,54-/m0/s1. The maximum absolute atomic E-state index is 14.2. The number of hydrogen-bond acceptors (Lipinski definition) is 8. The molecular formula is C54H101NO8S. The van der Waals surface area contributed by atoms with Gasteiger partial charge in [0.15, 0.2) is 17.3 Å². The van der Waals surface area contributed by atoms with Crippen molar-refractivity contribution in [3.05, 3.63) is 0 Å². The minimum atomic E-state index is -3.48. The SMILES string of the molecule is CCCCCCCCCCCCCCCC(=O)C(O)(C(=O)CCCCCCCCCCCCCCC)[C@](O)(C(=O)CCCCCCCCCCCCCCC)C(=O)NC(CS)C(=O)O. The fourth-order valence-electron chi connectivity index (χ4n) is 8.95. The molecule has 0 heterocycles. The molecule has 10 heteroatoms. The number of thiol groups is 1. The molecule has 64 heavy (non-hydrogen) atoms. The summed E-state index contributed by atoms with van der Waals surface area (Å²) >= 11 is 4.03. The number of carboxylic acid groups (broad SMARTS) is 1. The largest absolute Gasteiger partial charge is 0.480 e. The van der Waals surface area contributed by atoms with Gasteiger partial charge in [-0.3, -0.25) is 19.2 Å². The number of amides is 1. The van der Waals surface area contributed by atoms with Gasteiger partial charge < -0.3 is 20.6 Å². The van der Waals surface area contributed by atoms with Crippen molar-refractivity contribution in [3.8, 4) is 0 Å². The molecule has 0 bridgehead atoms. The average Bonchev–Trinajstić information content (AvgIpc) is 3.28. The van der Waals surface area contributed by atoms with Crippen LogP contribution in [-0.2, 0) is 24.0 Å². The zero-order valence-electron chi connectivity index (χ0n) is 41.8. The maximum atomic E-state index is 14.2. The zero-order valence-corrected chi connectivity index (χ0v) is 42.7. The first-order valence-corrected chi connectivity index (χ1v) is 27.8. The highest BCUT2D eigenvalue weighted by atomic mass is 32.1. The third-order valence-corrected chi connectivity index (χ3v) is 13.7. The third-order valence-electron chi connectivity index (χ3n) is 13.4. The van der Waals surface area contributed by atoms with Crippen LogP contribution in [0.5, 0.6) is 0 Å². The lowest BCUT2D eigenvalue weighted by Crippen LogP contribution is -2.74. The van der Waals surface area contributed by atoms with E-state index in [4.69, 9.17) is 0 Å². The molecular weight excluding hydrogens is 823 g/mol. The van der Waals surface area contributed by atoms with E-state index >= 15 is 0 Å². The molecule has 0 aromatic rings. The molecule has 0 aromatic carbocycles. The smallest absolute Gasteiger partial charge is 0.327 e. The Labute approximate surface area is 398 Å². The second-order valence-electron chi connectivity index (χ2n) is 19.2. The summed E-state index contributed by atoms with van der Waals surface area (Å²) in [6.07, 6.45) is 40.9. The number of carbonyl (C=O) groups excluding carboxylic acids is 4. The minimum absolute atomic E-state index is 0.289. The van der Waals surface area contributed by atoms with E-state index < -0.39 is 46.5 Å². The molecule has 0 aromatic heterocycles.